The number of esters is 2. The highest BCUT2D eigenvalue weighted by Gasteiger charge is 2.17. The molecule has 0 spiro atoms. The number of pyridine rings is 1. The van der Waals surface area contributed by atoms with Crippen LogP contribution >= 0.6 is 0 Å². The molecule has 0 bridgehead atoms. The Morgan fingerprint density at radius 2 is 1.86 bits per heavy atom. The lowest BCUT2D eigenvalue weighted by Crippen LogP contribution is -2.12. The quantitative estimate of drug-likeness (QED) is 0.353. The number of para-hydroxylation sites is 1. The number of carbonyl (C=O) groups is 2. The molecule has 0 unspecified atom stereocenters. The number of fused-ring (bicyclic) bond motifs is 1. The molecule has 2 aromatic carbocycles. The zero-order chi connectivity index (χ0) is 20.1. The van der Waals surface area contributed by atoms with Crippen LogP contribution in [0.4, 0.5) is 0 Å². The minimum Gasteiger partial charge on any atom is -0.462 e. The van der Waals surface area contributed by atoms with Crippen LogP contribution in [0.15, 0.2) is 66.9 Å². The highest BCUT2D eigenvalue weighted by Crippen LogP contribution is 2.25. The number of rotatable bonds is 6. The molecule has 142 valence electrons. The van der Waals surface area contributed by atoms with Crippen molar-refractivity contribution >= 4 is 22.8 Å². The Bertz CT molecular complexity index is 1050. The number of hydrogen-bond acceptors (Lipinski definition) is 5. The summed E-state index contributed by atoms with van der Waals surface area (Å²) in [4.78, 5) is 29.1. The van der Waals surface area contributed by atoms with Gasteiger partial charge in [-0.2, -0.15) is 0 Å². The number of allylic oxidation sites excluding steroid dienone is 1. The summed E-state index contributed by atoms with van der Waals surface area (Å²) in [6, 6.07) is 13.9. The number of carbonyl (C=O) groups excluding carboxylic acids is 2. The van der Waals surface area contributed by atoms with E-state index in [1.54, 1.807) is 43.5 Å². The molecule has 28 heavy (non-hydrogen) atoms. The van der Waals surface area contributed by atoms with E-state index in [4.69, 9.17) is 9.47 Å². The van der Waals surface area contributed by atoms with E-state index in [1.807, 2.05) is 25.1 Å². The van der Waals surface area contributed by atoms with E-state index in [2.05, 4.69) is 11.6 Å². The lowest BCUT2D eigenvalue weighted by atomic mass is 10.0. The maximum atomic E-state index is 12.8. The lowest BCUT2D eigenvalue weighted by Gasteiger charge is -2.13. The smallest absolute Gasteiger partial charge is 0.345 e. The van der Waals surface area contributed by atoms with Crippen LogP contribution in [0.25, 0.3) is 10.9 Å². The Morgan fingerprint density at radius 3 is 2.61 bits per heavy atom. The van der Waals surface area contributed by atoms with Gasteiger partial charge in [-0.15, -0.1) is 0 Å². The highest BCUT2D eigenvalue weighted by molar-refractivity contribution is 6.03. The van der Waals surface area contributed by atoms with E-state index in [1.165, 1.54) is 0 Å². The molecular formula is C23H21NO4. The summed E-state index contributed by atoms with van der Waals surface area (Å²) in [5, 5.41) is 0.858. The second-order valence-electron chi connectivity index (χ2n) is 6.45. The normalized spacial score (nSPS) is 10.5. The SMILES string of the molecule is C=C(C)Cc1cc(C(=O)OCC)ccc1OC(=O)c1cccc2cccnc12. The fourth-order valence-electron chi connectivity index (χ4n) is 2.91. The van der Waals surface area contributed by atoms with Crippen molar-refractivity contribution < 1.29 is 19.1 Å². The predicted octanol–water partition coefficient (Wildman–Crippen LogP) is 4.75. The number of nitrogens with zero attached hydrogens (tertiary/aromatic N) is 1. The third-order valence-corrected chi connectivity index (χ3v) is 4.12. The fraction of sp³-hybridized carbons (Fsp3) is 0.174. The standard InChI is InChI=1S/C23H21NO4/c1-4-27-22(25)17-10-11-20(18(14-17)13-15(2)3)28-23(26)19-9-5-7-16-8-6-12-24-21(16)19/h5-12,14H,2,4,13H2,1,3H3. The Morgan fingerprint density at radius 1 is 1.07 bits per heavy atom. The molecular weight excluding hydrogens is 354 g/mol. The maximum absolute atomic E-state index is 12.8. The first-order chi connectivity index (χ1) is 13.5. The van der Waals surface area contributed by atoms with Crippen LogP contribution in [0.5, 0.6) is 5.75 Å². The summed E-state index contributed by atoms with van der Waals surface area (Å²) in [7, 11) is 0. The van der Waals surface area contributed by atoms with Crippen molar-refractivity contribution in [1.82, 2.24) is 4.98 Å². The average Bonchev–Trinajstić information content (AvgIpc) is 2.68. The van der Waals surface area contributed by atoms with Crippen LogP contribution in [-0.2, 0) is 11.2 Å². The summed E-state index contributed by atoms with van der Waals surface area (Å²) >= 11 is 0. The molecule has 0 aliphatic carbocycles. The van der Waals surface area contributed by atoms with Crippen LogP contribution in [0.2, 0.25) is 0 Å². The first-order valence-corrected chi connectivity index (χ1v) is 9.00. The molecule has 1 aromatic heterocycles. The van der Waals surface area contributed by atoms with Gasteiger partial charge >= 0.3 is 11.9 Å². The van der Waals surface area contributed by atoms with E-state index in [9.17, 15) is 9.59 Å². The van der Waals surface area contributed by atoms with Gasteiger partial charge in [-0.3, -0.25) is 4.98 Å². The van der Waals surface area contributed by atoms with Crippen LogP contribution in [0.3, 0.4) is 0 Å². The molecule has 0 saturated carbocycles. The molecule has 5 heteroatoms. The maximum Gasteiger partial charge on any atom is 0.345 e. The molecule has 1 heterocycles. The van der Waals surface area contributed by atoms with Crippen molar-refractivity contribution in [3.63, 3.8) is 0 Å². The summed E-state index contributed by atoms with van der Waals surface area (Å²) in [6.07, 6.45) is 2.11. The van der Waals surface area contributed by atoms with Gasteiger partial charge in [0.2, 0.25) is 0 Å². The van der Waals surface area contributed by atoms with Gasteiger partial charge in [0.15, 0.2) is 0 Å². The summed E-state index contributed by atoms with van der Waals surface area (Å²) in [5.41, 5.74) is 2.95. The van der Waals surface area contributed by atoms with Crippen molar-refractivity contribution in [2.75, 3.05) is 6.61 Å². The Labute approximate surface area is 163 Å². The molecule has 0 N–H and O–H groups in total. The van der Waals surface area contributed by atoms with E-state index in [-0.39, 0.29) is 0 Å². The molecule has 0 fully saturated rings. The van der Waals surface area contributed by atoms with Crippen molar-refractivity contribution in [2.24, 2.45) is 0 Å². The molecule has 0 saturated heterocycles. The monoisotopic (exact) mass is 375 g/mol. The third kappa shape index (κ3) is 4.26. The average molecular weight is 375 g/mol. The van der Waals surface area contributed by atoms with E-state index >= 15 is 0 Å². The predicted molar refractivity (Wildman–Crippen MR) is 108 cm³/mol. The molecule has 0 aliphatic rings. The second kappa shape index (κ2) is 8.48. The van der Waals surface area contributed by atoms with Crippen LogP contribution < -0.4 is 4.74 Å². The van der Waals surface area contributed by atoms with E-state index in [0.29, 0.717) is 41.0 Å². The van der Waals surface area contributed by atoms with Crippen LogP contribution in [-0.4, -0.2) is 23.5 Å². The Hall–Kier alpha value is -3.47. The van der Waals surface area contributed by atoms with Gasteiger partial charge < -0.3 is 9.47 Å². The molecule has 5 nitrogen and oxygen atoms in total. The number of ether oxygens (including phenoxy) is 2. The Kier molecular flexibility index (Phi) is 5.84. The zero-order valence-corrected chi connectivity index (χ0v) is 15.9. The van der Waals surface area contributed by atoms with Crippen molar-refractivity contribution in [3.05, 3.63) is 83.6 Å². The minimum absolute atomic E-state index is 0.291. The second-order valence-corrected chi connectivity index (χ2v) is 6.45. The molecule has 0 atom stereocenters. The first kappa shape index (κ1) is 19.3. The van der Waals surface area contributed by atoms with Gasteiger partial charge in [-0.05, 0) is 56.2 Å². The highest BCUT2D eigenvalue weighted by atomic mass is 16.5. The van der Waals surface area contributed by atoms with Crippen molar-refractivity contribution in [1.29, 1.82) is 0 Å². The Balaban J connectivity index is 1.95. The minimum atomic E-state index is -0.504. The first-order valence-electron chi connectivity index (χ1n) is 9.00. The van der Waals surface area contributed by atoms with Crippen molar-refractivity contribution in [2.45, 2.75) is 20.3 Å². The lowest BCUT2D eigenvalue weighted by molar-refractivity contribution is 0.0526. The third-order valence-electron chi connectivity index (χ3n) is 4.12. The zero-order valence-electron chi connectivity index (χ0n) is 15.9. The molecule has 3 rings (SSSR count). The number of benzene rings is 2. The van der Waals surface area contributed by atoms with Gasteiger partial charge in [0.25, 0.3) is 0 Å². The summed E-state index contributed by atoms with van der Waals surface area (Å²) in [6.45, 7) is 7.83. The molecule has 0 radical (unpaired) electrons. The molecule has 3 aromatic rings. The van der Waals surface area contributed by atoms with E-state index < -0.39 is 11.9 Å². The number of aromatic nitrogens is 1. The van der Waals surface area contributed by atoms with Gasteiger partial charge in [-0.25, -0.2) is 9.59 Å². The van der Waals surface area contributed by atoms with Crippen LogP contribution in [0.1, 0.15) is 40.1 Å². The molecule has 0 aliphatic heterocycles. The largest absolute Gasteiger partial charge is 0.462 e. The molecule has 0 amide bonds. The van der Waals surface area contributed by atoms with Crippen LogP contribution in [0, 0.1) is 0 Å². The summed E-state index contributed by atoms with van der Waals surface area (Å²) in [5.74, 6) is -0.535. The topological polar surface area (TPSA) is 65.5 Å². The van der Waals surface area contributed by atoms with Gasteiger partial charge in [0.05, 0.1) is 23.3 Å². The number of hydrogen-bond donors (Lipinski definition) is 0. The van der Waals surface area contributed by atoms with E-state index in [0.717, 1.165) is 11.0 Å². The fourth-order valence-corrected chi connectivity index (χ4v) is 2.91. The van der Waals surface area contributed by atoms with Gasteiger partial charge in [-0.1, -0.05) is 30.4 Å². The van der Waals surface area contributed by atoms with Gasteiger partial charge in [0.1, 0.15) is 5.75 Å². The van der Waals surface area contributed by atoms with Gasteiger partial charge in [0, 0.05) is 11.6 Å². The van der Waals surface area contributed by atoms with Crippen molar-refractivity contribution in [3.8, 4) is 5.75 Å². The summed E-state index contributed by atoms with van der Waals surface area (Å²) < 4.78 is 10.7.